The van der Waals surface area contributed by atoms with Gasteiger partial charge in [0.25, 0.3) is 5.91 Å². The van der Waals surface area contributed by atoms with Crippen LogP contribution < -0.4 is 4.57 Å². The van der Waals surface area contributed by atoms with E-state index in [-0.39, 0.29) is 6.54 Å². The molecular weight excluding hydrogens is 315 g/mol. The Morgan fingerprint density at radius 2 is 1.87 bits per heavy atom. The van der Waals surface area contributed by atoms with Crippen molar-refractivity contribution in [1.82, 2.24) is 4.90 Å². The molecule has 1 aromatic rings. The van der Waals surface area contributed by atoms with Crippen molar-refractivity contribution in [3.05, 3.63) is 41.9 Å². The number of pyridine rings is 1. The zero-order valence-corrected chi connectivity index (χ0v) is 12.3. The Morgan fingerprint density at radius 3 is 2.35 bits per heavy atom. The van der Waals surface area contributed by atoms with Crippen molar-refractivity contribution in [2.45, 2.75) is 13.1 Å². The van der Waals surface area contributed by atoms with E-state index in [4.69, 9.17) is 0 Å². The maximum Gasteiger partial charge on any atom is 0.460 e. The Labute approximate surface area is 129 Å². The first kappa shape index (κ1) is 16.7. The van der Waals surface area contributed by atoms with E-state index in [1.807, 2.05) is 0 Å². The lowest BCUT2D eigenvalue weighted by Crippen LogP contribution is -2.54. The molecule has 0 unspecified atom stereocenters. The maximum atomic E-state index is 13.2. The molecule has 1 aliphatic rings. The van der Waals surface area contributed by atoms with Crippen LogP contribution in [0.4, 0.5) is 18.0 Å². The number of alkyl halides is 3. The van der Waals surface area contributed by atoms with Crippen LogP contribution in [-0.2, 0) is 9.53 Å². The fourth-order valence-electron chi connectivity index (χ4n) is 2.09. The van der Waals surface area contributed by atoms with Crippen LogP contribution in [0, 0.1) is 0 Å². The van der Waals surface area contributed by atoms with Crippen molar-refractivity contribution in [3.8, 4) is 0 Å². The Morgan fingerprint density at radius 1 is 1.26 bits per heavy atom. The Bertz CT molecular complexity index is 696. The van der Waals surface area contributed by atoms with E-state index in [1.165, 1.54) is 31.5 Å². The second-order valence-electron chi connectivity index (χ2n) is 4.46. The summed E-state index contributed by atoms with van der Waals surface area (Å²) >= 11 is 0. The maximum absolute atomic E-state index is 13.2. The van der Waals surface area contributed by atoms with Crippen LogP contribution in [0.5, 0.6) is 0 Å². The largest absolute Gasteiger partial charge is 0.491 e. The number of carbonyl (C=O) groups is 2. The van der Waals surface area contributed by atoms with Crippen molar-refractivity contribution in [2.75, 3.05) is 13.7 Å². The van der Waals surface area contributed by atoms with Crippen molar-refractivity contribution in [2.24, 2.45) is 4.99 Å². The highest BCUT2D eigenvalue weighted by molar-refractivity contribution is 6.26. The molecule has 0 atom stereocenters. The highest BCUT2D eigenvalue weighted by Gasteiger charge is 2.49. The van der Waals surface area contributed by atoms with E-state index in [0.717, 1.165) is 11.7 Å². The minimum Gasteiger partial charge on any atom is -0.491 e. The summed E-state index contributed by atoms with van der Waals surface area (Å²) in [5, 5.41) is 0. The van der Waals surface area contributed by atoms with Gasteiger partial charge in [-0.3, -0.25) is 4.79 Å². The van der Waals surface area contributed by atoms with Gasteiger partial charge in [-0.1, -0.05) is 6.07 Å². The van der Waals surface area contributed by atoms with E-state index in [9.17, 15) is 22.8 Å². The number of likely N-dealkylation sites (N-methyl/N-ethyl adjacent to an activating group) is 1. The summed E-state index contributed by atoms with van der Waals surface area (Å²) in [5.74, 6) is -3.03. The molecule has 6 nitrogen and oxygen atoms in total. The molecule has 3 amide bonds. The zero-order chi connectivity index (χ0) is 17.2. The van der Waals surface area contributed by atoms with Crippen molar-refractivity contribution < 1.29 is 32.1 Å². The first-order valence-electron chi connectivity index (χ1n) is 6.58. The van der Waals surface area contributed by atoms with E-state index in [1.54, 1.807) is 6.07 Å². The molecule has 0 fully saturated rings. The van der Waals surface area contributed by atoms with Gasteiger partial charge in [-0.05, 0) is 19.1 Å². The molecule has 0 bridgehead atoms. The molecule has 0 saturated carbocycles. The fourth-order valence-corrected chi connectivity index (χ4v) is 2.09. The van der Waals surface area contributed by atoms with Gasteiger partial charge < -0.3 is 4.74 Å². The number of halogens is 3. The van der Waals surface area contributed by atoms with Gasteiger partial charge in [-0.15, -0.1) is 0 Å². The normalized spacial score (nSPS) is 18.0. The van der Waals surface area contributed by atoms with Crippen LogP contribution >= 0.6 is 0 Å². The second kappa shape index (κ2) is 6.19. The number of nitrogens with zero attached hydrogens (tertiary/aromatic N) is 3. The molecule has 0 spiro atoms. The number of allylic oxidation sites excluding steroid dienone is 1. The van der Waals surface area contributed by atoms with Crippen molar-refractivity contribution in [3.63, 3.8) is 0 Å². The Kier molecular flexibility index (Phi) is 4.48. The predicted octanol–water partition coefficient (Wildman–Crippen LogP) is 1.67. The number of hydrogen-bond acceptors (Lipinski definition) is 3. The number of amides is 3. The molecular formula is C14H13F3N3O3+. The summed E-state index contributed by atoms with van der Waals surface area (Å²) in [6.45, 7) is 1.36. The number of carbonyl (C=O) groups excluding carboxylic acids is 2. The average Bonchev–Trinajstić information content (AvgIpc) is 2.50. The zero-order valence-electron chi connectivity index (χ0n) is 12.3. The third kappa shape index (κ3) is 3.08. The van der Waals surface area contributed by atoms with Gasteiger partial charge in [-0.2, -0.15) is 13.2 Å². The van der Waals surface area contributed by atoms with Gasteiger partial charge in [0.15, 0.2) is 5.57 Å². The van der Waals surface area contributed by atoms with E-state index < -0.39 is 35.3 Å². The first-order chi connectivity index (χ1) is 10.8. The summed E-state index contributed by atoms with van der Waals surface area (Å²) < 4.78 is 45.1. The van der Waals surface area contributed by atoms with E-state index >= 15 is 0 Å². The summed E-state index contributed by atoms with van der Waals surface area (Å²) in [6.07, 6.45) is -2.15. The second-order valence-corrected chi connectivity index (χ2v) is 4.46. The molecule has 23 heavy (non-hydrogen) atoms. The molecule has 9 heteroatoms. The molecule has 2 rings (SSSR count). The van der Waals surface area contributed by atoms with Crippen molar-refractivity contribution >= 4 is 17.8 Å². The monoisotopic (exact) mass is 328 g/mol. The average molecular weight is 328 g/mol. The van der Waals surface area contributed by atoms with Gasteiger partial charge in [0.1, 0.15) is 0 Å². The molecule has 0 aromatic carbocycles. The molecule has 0 N–H and O–H groups in total. The Balaban J connectivity index is 2.77. The van der Waals surface area contributed by atoms with Gasteiger partial charge in [0.05, 0.1) is 19.5 Å². The number of aliphatic imine (C=N–C) groups is 1. The third-order valence-corrected chi connectivity index (χ3v) is 3.08. The molecule has 0 aliphatic carbocycles. The smallest absolute Gasteiger partial charge is 0.460 e. The van der Waals surface area contributed by atoms with Crippen molar-refractivity contribution in [1.29, 1.82) is 0 Å². The van der Waals surface area contributed by atoms with Gasteiger partial charge in [0.2, 0.25) is 5.76 Å². The highest BCUT2D eigenvalue weighted by atomic mass is 19.4. The number of rotatable bonds is 2. The summed E-state index contributed by atoms with van der Waals surface area (Å²) in [7, 11) is 0.809. The Hall–Kier alpha value is -2.71. The number of methoxy groups -OCH3 is 1. The van der Waals surface area contributed by atoms with Crippen LogP contribution in [0.25, 0.3) is 0 Å². The first-order valence-corrected chi connectivity index (χ1v) is 6.58. The van der Waals surface area contributed by atoms with Gasteiger partial charge >= 0.3 is 18.0 Å². The number of imide groups is 1. The number of ether oxygens (including phenoxy) is 1. The van der Waals surface area contributed by atoms with Crippen LogP contribution in [0.3, 0.4) is 0 Å². The topological polar surface area (TPSA) is 62.9 Å². The van der Waals surface area contributed by atoms with E-state index in [2.05, 4.69) is 9.73 Å². The lowest BCUT2D eigenvalue weighted by Gasteiger charge is -2.21. The van der Waals surface area contributed by atoms with E-state index in [0.29, 0.717) is 4.90 Å². The van der Waals surface area contributed by atoms with Gasteiger partial charge in [0, 0.05) is 11.5 Å². The molecule has 122 valence electrons. The molecule has 1 aliphatic heterocycles. The minimum absolute atomic E-state index is 0.105. The van der Waals surface area contributed by atoms with Crippen LogP contribution in [0.1, 0.15) is 6.92 Å². The summed E-state index contributed by atoms with van der Waals surface area (Å²) in [4.78, 5) is 28.5. The minimum atomic E-state index is -4.91. The lowest BCUT2D eigenvalue weighted by molar-refractivity contribution is -0.554. The summed E-state index contributed by atoms with van der Waals surface area (Å²) in [6, 6.07) is 3.76. The fraction of sp³-hybridized carbons (Fsp3) is 0.286. The lowest BCUT2D eigenvalue weighted by atomic mass is 10.1. The third-order valence-electron chi connectivity index (χ3n) is 3.08. The standard InChI is InChI=1S/C14H13F3N3O3/c1-3-20-12(21)9(10(23-2)14(15,16)17)11(18-13(20)22)19-7-5-4-6-8-19/h4-8H,3H2,1-2H3/q+1/b10-9+. The molecule has 0 saturated heterocycles. The van der Waals surface area contributed by atoms with Crippen LogP contribution in [0.15, 0.2) is 46.9 Å². The summed E-state index contributed by atoms with van der Waals surface area (Å²) in [5.41, 5.74) is -0.808. The molecule has 2 heterocycles. The van der Waals surface area contributed by atoms with Crippen LogP contribution in [-0.4, -0.2) is 42.5 Å². The molecule has 1 aromatic heterocycles. The number of aromatic nitrogens is 1. The van der Waals surface area contributed by atoms with Gasteiger partial charge in [-0.25, -0.2) is 14.3 Å². The predicted molar refractivity (Wildman–Crippen MR) is 72.3 cm³/mol. The van der Waals surface area contributed by atoms with Crippen LogP contribution in [0.2, 0.25) is 0 Å². The quantitative estimate of drug-likeness (QED) is 0.471. The highest BCUT2D eigenvalue weighted by Crippen LogP contribution is 2.31. The SMILES string of the molecule is CCN1C(=O)N=C([n+]2ccccc2)/C(=C(\OC)C(F)(F)F)C1=O. The number of hydrogen-bond donors (Lipinski definition) is 0. The molecule has 0 radical (unpaired) electrons. The number of urea groups is 1.